The van der Waals surface area contributed by atoms with E-state index in [1.165, 1.54) is 0 Å². The van der Waals surface area contributed by atoms with Crippen LogP contribution >= 0.6 is 0 Å². The maximum absolute atomic E-state index is 12.1. The highest BCUT2D eigenvalue weighted by molar-refractivity contribution is 5.93. The topological polar surface area (TPSA) is 81.7 Å². The Bertz CT molecular complexity index is 750. The molecule has 1 aromatic carbocycles. The van der Waals surface area contributed by atoms with Gasteiger partial charge >= 0.3 is 0 Å². The van der Waals surface area contributed by atoms with Crippen LogP contribution in [0.4, 0.5) is 11.4 Å². The summed E-state index contributed by atoms with van der Waals surface area (Å²) in [4.78, 5) is 16.3. The summed E-state index contributed by atoms with van der Waals surface area (Å²) in [6.07, 6.45) is 3.67. The molecule has 1 aromatic heterocycles. The quantitative estimate of drug-likeness (QED) is 0.804. The van der Waals surface area contributed by atoms with Crippen LogP contribution in [0.25, 0.3) is 0 Å². The van der Waals surface area contributed by atoms with Crippen molar-refractivity contribution in [2.45, 2.75) is 18.9 Å². The number of hydrogen-bond donors (Lipinski definition) is 2. The number of aromatic nitrogens is 1. The fourth-order valence-corrected chi connectivity index (χ4v) is 2.44. The lowest BCUT2D eigenvalue weighted by atomic mass is 10.2. The molecule has 0 unspecified atom stereocenters. The van der Waals surface area contributed by atoms with Crippen molar-refractivity contribution in [3.05, 3.63) is 36.2 Å². The lowest BCUT2D eigenvalue weighted by Gasteiger charge is -2.15. The molecule has 1 heterocycles. The van der Waals surface area contributed by atoms with E-state index in [-0.39, 0.29) is 5.91 Å². The Morgan fingerprint density at radius 1 is 1.04 bits per heavy atom. The Morgan fingerprint density at radius 3 is 2.28 bits per heavy atom. The predicted octanol–water partition coefficient (Wildman–Crippen LogP) is 2.74. The van der Waals surface area contributed by atoms with Crippen molar-refractivity contribution in [2.75, 3.05) is 26.6 Å². The zero-order chi connectivity index (χ0) is 17.8. The highest BCUT2D eigenvalue weighted by atomic mass is 16.5. The number of carbonyl (C=O) groups is 1. The minimum atomic E-state index is -0.156. The number of nitrogens with zero attached hydrogens (tertiary/aromatic N) is 1. The first-order valence-corrected chi connectivity index (χ1v) is 7.98. The molecule has 7 nitrogen and oxygen atoms in total. The van der Waals surface area contributed by atoms with E-state index in [1.807, 2.05) is 0 Å². The molecule has 7 heteroatoms. The first-order valence-electron chi connectivity index (χ1n) is 7.98. The van der Waals surface area contributed by atoms with Gasteiger partial charge in [0.2, 0.25) is 5.75 Å². The predicted molar refractivity (Wildman–Crippen MR) is 94.1 cm³/mol. The standard InChI is InChI=1S/C18H21N3O4/c1-23-15-9-13(10-16(24-2)17(15)25-3)20-12-6-7-19-14(8-12)18(22)21-11-4-5-11/h6-11H,4-5H2,1-3H3,(H,19,20)(H,21,22). The molecule has 25 heavy (non-hydrogen) atoms. The fourth-order valence-electron chi connectivity index (χ4n) is 2.44. The van der Waals surface area contributed by atoms with Gasteiger partial charge < -0.3 is 24.8 Å². The Hall–Kier alpha value is -2.96. The largest absolute Gasteiger partial charge is 0.493 e. The molecular formula is C18H21N3O4. The van der Waals surface area contributed by atoms with Crippen molar-refractivity contribution in [1.82, 2.24) is 10.3 Å². The molecule has 2 N–H and O–H groups in total. The number of amides is 1. The van der Waals surface area contributed by atoms with Crippen molar-refractivity contribution >= 4 is 17.3 Å². The molecule has 2 aromatic rings. The number of anilines is 2. The van der Waals surface area contributed by atoms with Gasteiger partial charge in [-0.2, -0.15) is 0 Å². The average molecular weight is 343 g/mol. The second-order valence-electron chi connectivity index (χ2n) is 5.72. The molecule has 1 fully saturated rings. The van der Waals surface area contributed by atoms with Crippen LogP contribution in [0, 0.1) is 0 Å². The lowest BCUT2D eigenvalue weighted by molar-refractivity contribution is 0.0946. The van der Waals surface area contributed by atoms with E-state index in [1.54, 1.807) is 51.8 Å². The Balaban J connectivity index is 1.83. The van der Waals surface area contributed by atoms with Crippen LogP contribution in [0.5, 0.6) is 17.2 Å². The van der Waals surface area contributed by atoms with Gasteiger partial charge in [0.1, 0.15) is 5.69 Å². The molecule has 0 saturated heterocycles. The first kappa shape index (κ1) is 16.9. The highest BCUT2D eigenvalue weighted by Crippen LogP contribution is 2.40. The number of benzene rings is 1. The van der Waals surface area contributed by atoms with E-state index in [4.69, 9.17) is 14.2 Å². The van der Waals surface area contributed by atoms with E-state index < -0.39 is 0 Å². The van der Waals surface area contributed by atoms with Gasteiger partial charge in [0.05, 0.1) is 21.3 Å². The third kappa shape index (κ3) is 3.93. The zero-order valence-electron chi connectivity index (χ0n) is 14.5. The summed E-state index contributed by atoms with van der Waals surface area (Å²) < 4.78 is 16.0. The van der Waals surface area contributed by atoms with Gasteiger partial charge in [0, 0.05) is 35.7 Å². The Labute approximate surface area is 146 Å². The second kappa shape index (κ2) is 7.29. The van der Waals surface area contributed by atoms with Crippen LogP contribution in [-0.2, 0) is 0 Å². The monoisotopic (exact) mass is 343 g/mol. The van der Waals surface area contributed by atoms with E-state index in [0.29, 0.717) is 29.0 Å². The molecule has 0 spiro atoms. The van der Waals surface area contributed by atoms with Gasteiger partial charge in [0.25, 0.3) is 5.91 Å². The summed E-state index contributed by atoms with van der Waals surface area (Å²) in [5, 5.41) is 6.16. The molecule has 0 aliphatic heterocycles. The number of carbonyl (C=O) groups excluding carboxylic acids is 1. The van der Waals surface area contributed by atoms with Crippen molar-refractivity contribution in [3.63, 3.8) is 0 Å². The number of ether oxygens (including phenoxy) is 3. The van der Waals surface area contributed by atoms with Crippen molar-refractivity contribution in [3.8, 4) is 17.2 Å². The molecule has 1 aliphatic rings. The summed E-state index contributed by atoms with van der Waals surface area (Å²) in [5.74, 6) is 1.46. The minimum absolute atomic E-state index is 0.156. The minimum Gasteiger partial charge on any atom is -0.493 e. The zero-order valence-corrected chi connectivity index (χ0v) is 14.5. The summed E-state index contributed by atoms with van der Waals surface area (Å²) >= 11 is 0. The van der Waals surface area contributed by atoms with Crippen LogP contribution < -0.4 is 24.8 Å². The normalized spacial score (nSPS) is 13.1. The smallest absolute Gasteiger partial charge is 0.270 e. The summed E-state index contributed by atoms with van der Waals surface area (Å²) in [7, 11) is 4.68. The Kier molecular flexibility index (Phi) is 4.92. The number of hydrogen-bond acceptors (Lipinski definition) is 6. The summed E-state index contributed by atoms with van der Waals surface area (Å²) in [5.41, 5.74) is 1.86. The molecule has 1 aliphatic carbocycles. The van der Waals surface area contributed by atoms with Gasteiger partial charge in [0.15, 0.2) is 11.5 Å². The van der Waals surface area contributed by atoms with E-state index in [0.717, 1.165) is 24.2 Å². The summed E-state index contributed by atoms with van der Waals surface area (Å²) in [6, 6.07) is 7.39. The maximum atomic E-state index is 12.1. The van der Waals surface area contributed by atoms with Crippen LogP contribution in [0.3, 0.4) is 0 Å². The number of pyridine rings is 1. The van der Waals surface area contributed by atoms with Crippen LogP contribution in [0.15, 0.2) is 30.5 Å². The van der Waals surface area contributed by atoms with E-state index >= 15 is 0 Å². The van der Waals surface area contributed by atoms with Crippen LogP contribution in [0.2, 0.25) is 0 Å². The molecule has 1 saturated carbocycles. The number of rotatable bonds is 7. The molecule has 3 rings (SSSR count). The molecule has 0 radical (unpaired) electrons. The van der Waals surface area contributed by atoms with Crippen molar-refractivity contribution in [2.24, 2.45) is 0 Å². The summed E-state index contributed by atoms with van der Waals surface area (Å²) in [6.45, 7) is 0. The average Bonchev–Trinajstić information content (AvgIpc) is 3.45. The third-order valence-electron chi connectivity index (χ3n) is 3.86. The fraction of sp³-hybridized carbons (Fsp3) is 0.333. The molecule has 0 bridgehead atoms. The van der Waals surface area contributed by atoms with Gasteiger partial charge in [-0.15, -0.1) is 0 Å². The van der Waals surface area contributed by atoms with E-state index in [2.05, 4.69) is 15.6 Å². The SMILES string of the molecule is COc1cc(Nc2ccnc(C(=O)NC3CC3)c2)cc(OC)c1OC. The first-order chi connectivity index (χ1) is 12.1. The highest BCUT2D eigenvalue weighted by Gasteiger charge is 2.24. The number of methoxy groups -OCH3 is 3. The number of nitrogens with one attached hydrogen (secondary N) is 2. The van der Waals surface area contributed by atoms with Crippen LogP contribution in [0.1, 0.15) is 23.3 Å². The van der Waals surface area contributed by atoms with Gasteiger partial charge in [-0.05, 0) is 25.0 Å². The van der Waals surface area contributed by atoms with Crippen molar-refractivity contribution in [1.29, 1.82) is 0 Å². The molecular weight excluding hydrogens is 322 g/mol. The second-order valence-corrected chi connectivity index (χ2v) is 5.72. The lowest BCUT2D eigenvalue weighted by Crippen LogP contribution is -2.26. The third-order valence-corrected chi connectivity index (χ3v) is 3.86. The molecule has 1 amide bonds. The van der Waals surface area contributed by atoms with E-state index in [9.17, 15) is 4.79 Å². The van der Waals surface area contributed by atoms with Gasteiger partial charge in [-0.25, -0.2) is 0 Å². The Morgan fingerprint density at radius 2 is 1.72 bits per heavy atom. The van der Waals surface area contributed by atoms with Gasteiger partial charge in [-0.1, -0.05) is 0 Å². The van der Waals surface area contributed by atoms with Crippen molar-refractivity contribution < 1.29 is 19.0 Å². The van der Waals surface area contributed by atoms with Gasteiger partial charge in [-0.3, -0.25) is 9.78 Å². The van der Waals surface area contributed by atoms with Crippen LogP contribution in [-0.4, -0.2) is 38.3 Å². The molecule has 0 atom stereocenters. The maximum Gasteiger partial charge on any atom is 0.270 e. The molecule has 132 valence electrons.